The average molecular weight is 459 g/mol. The Morgan fingerprint density at radius 2 is 1.82 bits per heavy atom. The molecule has 0 saturated heterocycles. The number of fused-ring (bicyclic) bond motifs is 1. The SMILES string of the molecule is Cc1[nH]c(/C=C2\C(=O)Nc3ccc(C(=O)N[C@@H](c4ccccc4)C(C)C)cc32)c(C)c1[N+](=O)[O-]. The van der Waals surface area contributed by atoms with Crippen molar-refractivity contribution in [3.05, 3.63) is 92.3 Å². The van der Waals surface area contributed by atoms with Gasteiger partial charge in [0.05, 0.1) is 27.8 Å². The Bertz CT molecular complexity index is 1320. The summed E-state index contributed by atoms with van der Waals surface area (Å²) in [6.07, 6.45) is 1.60. The van der Waals surface area contributed by atoms with Gasteiger partial charge in [-0.3, -0.25) is 19.7 Å². The van der Waals surface area contributed by atoms with E-state index in [2.05, 4.69) is 15.6 Å². The molecule has 2 heterocycles. The molecule has 0 spiro atoms. The van der Waals surface area contributed by atoms with Gasteiger partial charge in [-0.2, -0.15) is 0 Å². The van der Waals surface area contributed by atoms with E-state index >= 15 is 0 Å². The van der Waals surface area contributed by atoms with E-state index in [1.165, 1.54) is 0 Å². The predicted molar refractivity (Wildman–Crippen MR) is 131 cm³/mol. The Kier molecular flexibility index (Phi) is 6.06. The summed E-state index contributed by atoms with van der Waals surface area (Å²) < 4.78 is 0. The molecule has 0 saturated carbocycles. The number of nitrogens with zero attached hydrogens (tertiary/aromatic N) is 1. The highest BCUT2D eigenvalue weighted by atomic mass is 16.6. The molecule has 2 aromatic carbocycles. The molecule has 0 aliphatic carbocycles. The zero-order valence-corrected chi connectivity index (χ0v) is 19.4. The Labute approximate surface area is 197 Å². The van der Waals surface area contributed by atoms with Crippen LogP contribution in [0, 0.1) is 29.9 Å². The predicted octanol–water partition coefficient (Wildman–Crippen LogP) is 5.16. The second kappa shape index (κ2) is 8.97. The minimum atomic E-state index is -0.438. The van der Waals surface area contributed by atoms with Gasteiger partial charge < -0.3 is 15.6 Å². The van der Waals surface area contributed by atoms with E-state index in [4.69, 9.17) is 0 Å². The molecule has 0 unspecified atom stereocenters. The molecular weight excluding hydrogens is 432 g/mol. The van der Waals surface area contributed by atoms with Gasteiger partial charge in [0, 0.05) is 22.5 Å². The molecule has 0 radical (unpaired) electrons. The number of benzene rings is 2. The van der Waals surface area contributed by atoms with E-state index in [0.29, 0.717) is 39.3 Å². The maximum Gasteiger partial charge on any atom is 0.293 e. The molecule has 8 nitrogen and oxygen atoms in total. The number of carbonyl (C=O) groups excluding carboxylic acids is 2. The molecule has 8 heteroatoms. The van der Waals surface area contributed by atoms with E-state index in [0.717, 1.165) is 5.56 Å². The van der Waals surface area contributed by atoms with Crippen LogP contribution in [0.1, 0.15) is 58.3 Å². The van der Waals surface area contributed by atoms with Crippen molar-refractivity contribution in [3.63, 3.8) is 0 Å². The lowest BCUT2D eigenvalue weighted by Crippen LogP contribution is -2.31. The van der Waals surface area contributed by atoms with Crippen LogP contribution >= 0.6 is 0 Å². The Balaban J connectivity index is 1.67. The number of rotatable bonds is 6. The van der Waals surface area contributed by atoms with Crippen molar-refractivity contribution < 1.29 is 14.5 Å². The van der Waals surface area contributed by atoms with Crippen molar-refractivity contribution in [2.45, 2.75) is 33.7 Å². The van der Waals surface area contributed by atoms with Gasteiger partial charge in [-0.1, -0.05) is 44.2 Å². The summed E-state index contributed by atoms with van der Waals surface area (Å²) >= 11 is 0. The number of aromatic amines is 1. The van der Waals surface area contributed by atoms with Gasteiger partial charge in [-0.05, 0) is 49.6 Å². The fourth-order valence-electron chi connectivity index (χ4n) is 4.32. The average Bonchev–Trinajstić information content (AvgIpc) is 3.26. The lowest BCUT2D eigenvalue weighted by atomic mass is 9.95. The molecule has 1 aliphatic heterocycles. The monoisotopic (exact) mass is 458 g/mol. The topological polar surface area (TPSA) is 117 Å². The number of aromatic nitrogens is 1. The zero-order chi connectivity index (χ0) is 24.6. The maximum atomic E-state index is 13.1. The molecule has 0 fully saturated rings. The van der Waals surface area contributed by atoms with E-state index in [1.54, 1.807) is 38.1 Å². The van der Waals surface area contributed by atoms with Crippen LogP contribution in [0.15, 0.2) is 48.5 Å². The van der Waals surface area contributed by atoms with Crippen LogP contribution in [-0.2, 0) is 4.79 Å². The minimum absolute atomic E-state index is 0.000698. The van der Waals surface area contributed by atoms with Crippen molar-refractivity contribution in [3.8, 4) is 0 Å². The first-order valence-corrected chi connectivity index (χ1v) is 11.0. The van der Waals surface area contributed by atoms with E-state index in [9.17, 15) is 19.7 Å². The second-order valence-corrected chi connectivity index (χ2v) is 8.77. The number of aryl methyl sites for hydroxylation is 1. The number of anilines is 1. The third-order valence-corrected chi connectivity index (χ3v) is 6.08. The van der Waals surface area contributed by atoms with Crippen LogP contribution in [0.5, 0.6) is 0 Å². The number of H-pyrrole nitrogens is 1. The molecule has 0 bridgehead atoms. The highest BCUT2D eigenvalue weighted by Gasteiger charge is 2.28. The van der Waals surface area contributed by atoms with E-state index < -0.39 is 4.92 Å². The number of amides is 2. The van der Waals surface area contributed by atoms with Crippen molar-refractivity contribution in [1.29, 1.82) is 0 Å². The lowest BCUT2D eigenvalue weighted by Gasteiger charge is -2.23. The van der Waals surface area contributed by atoms with Crippen molar-refractivity contribution in [2.75, 3.05) is 5.32 Å². The third-order valence-electron chi connectivity index (χ3n) is 6.08. The van der Waals surface area contributed by atoms with Gasteiger partial charge in [-0.25, -0.2) is 0 Å². The van der Waals surface area contributed by atoms with Crippen molar-refractivity contribution in [2.24, 2.45) is 5.92 Å². The molecule has 3 N–H and O–H groups in total. The molecule has 4 rings (SSSR count). The largest absolute Gasteiger partial charge is 0.353 e. The molecular formula is C26H26N4O4. The van der Waals surface area contributed by atoms with Crippen molar-refractivity contribution >= 4 is 34.8 Å². The summed E-state index contributed by atoms with van der Waals surface area (Å²) in [5.41, 5.74) is 4.30. The first kappa shape index (κ1) is 23.0. The molecule has 1 aromatic heterocycles. The Hall–Kier alpha value is -4.20. The molecule has 1 aliphatic rings. The lowest BCUT2D eigenvalue weighted by molar-refractivity contribution is -0.385. The normalized spacial score (nSPS) is 14.7. The van der Waals surface area contributed by atoms with Gasteiger partial charge in [-0.15, -0.1) is 0 Å². The van der Waals surface area contributed by atoms with Gasteiger partial charge >= 0.3 is 0 Å². The fourth-order valence-corrected chi connectivity index (χ4v) is 4.32. The highest BCUT2D eigenvalue weighted by molar-refractivity contribution is 6.35. The fraction of sp³-hybridized carbons (Fsp3) is 0.231. The van der Waals surface area contributed by atoms with Crippen molar-refractivity contribution in [1.82, 2.24) is 10.3 Å². The van der Waals surface area contributed by atoms with Gasteiger partial charge in [0.15, 0.2) is 0 Å². The summed E-state index contributed by atoms with van der Waals surface area (Å²) in [6.45, 7) is 7.35. The summed E-state index contributed by atoms with van der Waals surface area (Å²) in [4.78, 5) is 39.7. The van der Waals surface area contributed by atoms with Gasteiger partial charge in [0.1, 0.15) is 0 Å². The second-order valence-electron chi connectivity index (χ2n) is 8.77. The van der Waals surface area contributed by atoms with Crippen LogP contribution in [0.3, 0.4) is 0 Å². The molecule has 1 atom stereocenters. The Morgan fingerprint density at radius 3 is 2.44 bits per heavy atom. The highest BCUT2D eigenvalue weighted by Crippen LogP contribution is 2.36. The first-order valence-electron chi connectivity index (χ1n) is 11.0. The standard InChI is InChI=1S/C26H26N4O4/c1-14(2)23(17-8-6-5-7-9-17)29-25(31)18-10-11-21-19(12-18)20(26(32)28-21)13-22-15(3)24(30(33)34)16(4)27-22/h5-14,23,27H,1-4H3,(H,28,32)(H,29,31)/b20-13-/t23-/m1/s1. The number of nitrogens with one attached hydrogen (secondary N) is 3. The van der Waals surface area contributed by atoms with Gasteiger partial charge in [0.25, 0.3) is 17.5 Å². The molecule has 174 valence electrons. The van der Waals surface area contributed by atoms with Crippen LogP contribution in [0.25, 0.3) is 11.6 Å². The number of hydrogen-bond acceptors (Lipinski definition) is 4. The molecule has 2 amide bonds. The summed E-state index contributed by atoms with van der Waals surface area (Å²) in [5, 5.41) is 17.3. The zero-order valence-electron chi connectivity index (χ0n) is 19.4. The van der Waals surface area contributed by atoms with E-state index in [1.807, 2.05) is 44.2 Å². The molecule has 3 aromatic rings. The Morgan fingerprint density at radius 1 is 1.12 bits per heavy atom. The smallest absolute Gasteiger partial charge is 0.293 e. The first-order chi connectivity index (χ1) is 16.2. The number of hydrogen-bond donors (Lipinski definition) is 3. The summed E-state index contributed by atoms with van der Waals surface area (Å²) in [7, 11) is 0. The minimum Gasteiger partial charge on any atom is -0.353 e. The third kappa shape index (κ3) is 4.22. The van der Waals surface area contributed by atoms with Crippen LogP contribution < -0.4 is 10.6 Å². The maximum absolute atomic E-state index is 13.1. The summed E-state index contributed by atoms with van der Waals surface area (Å²) in [6, 6.07) is 14.7. The van der Waals surface area contributed by atoms with Crippen LogP contribution in [-0.4, -0.2) is 21.7 Å². The summed E-state index contributed by atoms with van der Waals surface area (Å²) in [5.74, 6) is -0.396. The van der Waals surface area contributed by atoms with Crippen LogP contribution in [0.2, 0.25) is 0 Å². The van der Waals surface area contributed by atoms with Crippen LogP contribution in [0.4, 0.5) is 11.4 Å². The quantitative estimate of drug-likeness (QED) is 0.269. The number of nitro groups is 1. The number of carbonyl (C=O) groups is 2. The van der Waals surface area contributed by atoms with E-state index in [-0.39, 0.29) is 29.5 Å². The van der Waals surface area contributed by atoms with Gasteiger partial charge in [0.2, 0.25) is 0 Å². The molecule has 34 heavy (non-hydrogen) atoms.